The summed E-state index contributed by atoms with van der Waals surface area (Å²) < 4.78 is 33.4. The molecule has 6 amide bonds. The van der Waals surface area contributed by atoms with Gasteiger partial charge in [-0.3, -0.25) is 34.0 Å². The van der Waals surface area contributed by atoms with E-state index >= 15 is 0 Å². The molecular formula is C57H104N6O23. The molecule has 3 saturated heterocycles. The molecule has 0 radical (unpaired) electrons. The van der Waals surface area contributed by atoms with E-state index in [0.29, 0.717) is 103 Å². The van der Waals surface area contributed by atoms with Crippen LogP contribution in [0.15, 0.2) is 0 Å². The van der Waals surface area contributed by atoms with E-state index in [9.17, 15) is 74.7 Å². The summed E-state index contributed by atoms with van der Waals surface area (Å²) in [6, 6.07) is -2.09. The van der Waals surface area contributed by atoms with Crippen molar-refractivity contribution in [1.29, 1.82) is 0 Å². The fourth-order valence-electron chi connectivity index (χ4n) is 9.87. The van der Waals surface area contributed by atoms with Crippen molar-refractivity contribution in [2.24, 2.45) is 0 Å². The highest BCUT2D eigenvalue weighted by Crippen LogP contribution is 2.24. The summed E-state index contributed by atoms with van der Waals surface area (Å²) in [4.78, 5) is 83.2. The highest BCUT2D eigenvalue weighted by Gasteiger charge is 2.39. The second kappa shape index (κ2) is 46.3. The second-order valence-corrected chi connectivity index (χ2v) is 22.3. The van der Waals surface area contributed by atoms with Crippen molar-refractivity contribution in [3.63, 3.8) is 0 Å². The Kier molecular flexibility index (Phi) is 41.1. The van der Waals surface area contributed by atoms with E-state index in [1.165, 1.54) is 0 Å². The van der Waals surface area contributed by atoms with Gasteiger partial charge in [0.15, 0.2) is 18.9 Å². The topological polar surface area (TPSA) is 442 Å². The first-order chi connectivity index (χ1) is 41.5. The van der Waals surface area contributed by atoms with Gasteiger partial charge in [0, 0.05) is 90.9 Å². The van der Waals surface area contributed by atoms with Crippen LogP contribution < -0.4 is 31.9 Å². The van der Waals surface area contributed by atoms with Gasteiger partial charge < -0.3 is 106 Å². The normalized spacial score (nSPS) is 25.6. The van der Waals surface area contributed by atoms with Gasteiger partial charge in [0.2, 0.25) is 35.4 Å². The lowest BCUT2D eigenvalue weighted by molar-refractivity contribution is -0.257. The Labute approximate surface area is 504 Å². The van der Waals surface area contributed by atoms with Gasteiger partial charge in [-0.1, -0.05) is 19.3 Å². The average molecular weight is 1240 g/mol. The molecule has 3 fully saturated rings. The highest BCUT2D eigenvalue weighted by molar-refractivity contribution is 5.92. The molecule has 500 valence electrons. The van der Waals surface area contributed by atoms with Crippen molar-refractivity contribution < 1.29 is 113 Å². The van der Waals surface area contributed by atoms with Crippen LogP contribution in [0.5, 0.6) is 0 Å². The molecule has 3 aliphatic rings. The van der Waals surface area contributed by atoms with E-state index in [4.69, 9.17) is 33.7 Å². The number of ether oxygens (including phenoxy) is 6. The second-order valence-electron chi connectivity index (χ2n) is 22.3. The largest absolute Gasteiger partial charge is 0.394 e. The number of unbranched alkanes of at least 4 members (excludes halogenated alkanes) is 10. The van der Waals surface area contributed by atoms with E-state index in [1.807, 2.05) is 0 Å². The van der Waals surface area contributed by atoms with Crippen molar-refractivity contribution >= 4 is 35.4 Å². The number of aliphatic hydroxyl groups is 9. The Hall–Kier alpha value is -3.86. The first-order valence-electron chi connectivity index (χ1n) is 31.2. The molecule has 14 unspecified atom stereocenters. The molecule has 14 atom stereocenters. The van der Waals surface area contributed by atoms with Crippen LogP contribution in [0.25, 0.3) is 0 Å². The molecule has 29 heteroatoms. The van der Waals surface area contributed by atoms with Gasteiger partial charge in [0.25, 0.3) is 0 Å². The minimum atomic E-state index is -1.26. The van der Waals surface area contributed by atoms with E-state index in [0.717, 1.165) is 25.7 Å². The van der Waals surface area contributed by atoms with Crippen LogP contribution in [-0.2, 0) is 62.1 Å². The van der Waals surface area contributed by atoms with Crippen molar-refractivity contribution in [1.82, 2.24) is 31.9 Å². The van der Waals surface area contributed by atoms with Gasteiger partial charge in [-0.2, -0.15) is 0 Å². The van der Waals surface area contributed by atoms with Crippen LogP contribution in [0, 0.1) is 0 Å². The van der Waals surface area contributed by atoms with Gasteiger partial charge in [-0.05, 0) is 103 Å². The van der Waals surface area contributed by atoms with Gasteiger partial charge in [0.1, 0.15) is 48.7 Å². The van der Waals surface area contributed by atoms with Crippen LogP contribution in [-0.4, -0.2) is 245 Å². The quantitative estimate of drug-likeness (QED) is 0.0186. The number of aliphatic hydroxyl groups excluding tert-OH is 9. The summed E-state index contributed by atoms with van der Waals surface area (Å²) in [5.74, 6) is -1.96. The number of carbonyl (C=O) groups is 6. The summed E-state index contributed by atoms with van der Waals surface area (Å²) in [6.07, 6.45) is -1.72. The Morgan fingerprint density at radius 2 is 0.709 bits per heavy atom. The third kappa shape index (κ3) is 32.6. The molecule has 0 aromatic carbocycles. The molecule has 3 rings (SSSR count). The Balaban J connectivity index is 1.54. The molecule has 29 nitrogen and oxygen atoms in total. The minimum absolute atomic E-state index is 0.00707. The van der Waals surface area contributed by atoms with E-state index < -0.39 is 123 Å². The summed E-state index contributed by atoms with van der Waals surface area (Å²) in [5, 5.41) is 114. The van der Waals surface area contributed by atoms with Crippen molar-refractivity contribution in [2.75, 3.05) is 72.4 Å². The van der Waals surface area contributed by atoms with Gasteiger partial charge in [0.05, 0.1) is 44.7 Å². The summed E-state index contributed by atoms with van der Waals surface area (Å²) in [6.45, 7) is 0.790. The SMILES string of the molecule is O=C(CCCCCNC(=O)C(CCCCNC(=O)CCCCOC1CC(O)C(O)C(CO)O1)NC(=O)C(CCCCNC(=O)CCCCOC1CC(O)C(O)C(CO)O1)NC(=O)CCCCOC1CC(O)C(O)C(CO)O1)NCCCCCCOO. The molecule has 3 heterocycles. The van der Waals surface area contributed by atoms with Gasteiger partial charge in [-0.25, -0.2) is 4.89 Å². The number of hydrogen-bond donors (Lipinski definition) is 16. The minimum Gasteiger partial charge on any atom is -0.394 e. The smallest absolute Gasteiger partial charge is 0.243 e. The van der Waals surface area contributed by atoms with Crippen LogP contribution in [0.1, 0.15) is 167 Å². The molecule has 0 aliphatic carbocycles. The third-order valence-electron chi connectivity index (χ3n) is 15.1. The maximum Gasteiger partial charge on any atom is 0.243 e. The van der Waals surface area contributed by atoms with Crippen LogP contribution in [0.4, 0.5) is 0 Å². The summed E-state index contributed by atoms with van der Waals surface area (Å²) in [7, 11) is 0. The van der Waals surface area contributed by atoms with E-state index in [1.54, 1.807) is 0 Å². The molecule has 0 spiro atoms. The lowest BCUT2D eigenvalue weighted by Gasteiger charge is -2.36. The van der Waals surface area contributed by atoms with Crippen molar-refractivity contribution in [3.05, 3.63) is 0 Å². The van der Waals surface area contributed by atoms with Gasteiger partial charge >= 0.3 is 0 Å². The first kappa shape index (κ1) is 76.4. The third-order valence-corrected chi connectivity index (χ3v) is 15.1. The molecule has 3 aliphatic heterocycles. The highest BCUT2D eigenvalue weighted by atomic mass is 17.1. The predicted octanol–water partition coefficient (Wildman–Crippen LogP) is -1.58. The molecule has 16 N–H and O–H groups in total. The van der Waals surface area contributed by atoms with Crippen molar-refractivity contribution in [2.45, 2.75) is 253 Å². The van der Waals surface area contributed by atoms with E-state index in [2.05, 4.69) is 36.8 Å². The molecule has 0 bridgehead atoms. The zero-order valence-corrected chi connectivity index (χ0v) is 50.0. The number of nitrogens with one attached hydrogen (secondary N) is 6. The summed E-state index contributed by atoms with van der Waals surface area (Å²) >= 11 is 0. The fraction of sp³-hybridized carbons (Fsp3) is 0.895. The van der Waals surface area contributed by atoms with Crippen LogP contribution in [0.2, 0.25) is 0 Å². The fourth-order valence-corrected chi connectivity index (χ4v) is 9.87. The molecule has 0 saturated carbocycles. The molecule has 0 aromatic rings. The van der Waals surface area contributed by atoms with Crippen molar-refractivity contribution in [3.8, 4) is 0 Å². The molecule has 86 heavy (non-hydrogen) atoms. The molecular weight excluding hydrogens is 1140 g/mol. The van der Waals surface area contributed by atoms with Crippen LogP contribution >= 0.6 is 0 Å². The monoisotopic (exact) mass is 1240 g/mol. The lowest BCUT2D eigenvalue weighted by atomic mass is 10.0. The number of rotatable bonds is 48. The summed E-state index contributed by atoms with van der Waals surface area (Å²) in [5.41, 5.74) is 0. The van der Waals surface area contributed by atoms with Crippen LogP contribution in [0.3, 0.4) is 0 Å². The predicted molar refractivity (Wildman–Crippen MR) is 306 cm³/mol. The van der Waals surface area contributed by atoms with E-state index in [-0.39, 0.29) is 109 Å². The lowest BCUT2D eigenvalue weighted by Crippen LogP contribution is -2.53. The standard InChI is InChI=1S/C57H104N6O23/c64-35-43-53(74)40(67)32-50(84-43)80-28-15-7-21-47(71)59-25-12-5-18-38(56(77)61-27-11-3-4-20-46(70)58-24-10-1-2-14-31-83-79)63-57(78)39(62-49(73)23-9-17-30-82-52-34-42(69)55(76)45(37-66)86-52)19-6-13-26-60-48(72)22-8-16-29-81-51-33-41(68)54(75)44(36-65)85-51/h38-45,50-55,64-69,74-76,79H,1-37H2,(H,58,70)(H,59,71)(H,60,72)(H,61,77)(H,62,73)(H,63,78). The number of carbonyl (C=O) groups excluding carboxylic acids is 6. The number of amides is 6. The zero-order chi connectivity index (χ0) is 62.9. The molecule has 0 aromatic heterocycles. The Morgan fingerprint density at radius 1 is 0.384 bits per heavy atom. The maximum absolute atomic E-state index is 14.2. The Morgan fingerprint density at radius 3 is 1.10 bits per heavy atom. The zero-order valence-electron chi connectivity index (χ0n) is 50.0. The Bertz CT molecular complexity index is 1870. The van der Waals surface area contributed by atoms with Gasteiger partial charge in [-0.15, -0.1) is 0 Å². The first-order valence-corrected chi connectivity index (χ1v) is 31.2. The average Bonchev–Trinajstić information content (AvgIpc) is 3.48. The number of hydrogen-bond acceptors (Lipinski definition) is 23. The maximum atomic E-state index is 14.2.